The van der Waals surface area contributed by atoms with Gasteiger partial charge in [0.2, 0.25) is 5.91 Å². The molecular formula is C16H24ClFN2O. The lowest BCUT2D eigenvalue weighted by Crippen LogP contribution is -2.25. The summed E-state index contributed by atoms with van der Waals surface area (Å²) in [4.78, 5) is 11.9. The molecule has 2 N–H and O–H groups in total. The monoisotopic (exact) mass is 314 g/mol. The van der Waals surface area contributed by atoms with Gasteiger partial charge < -0.3 is 10.6 Å². The molecule has 0 radical (unpaired) electrons. The van der Waals surface area contributed by atoms with Gasteiger partial charge in [-0.1, -0.05) is 26.8 Å². The molecule has 21 heavy (non-hydrogen) atoms. The predicted octanol–water partition coefficient (Wildman–Crippen LogP) is 3.66. The molecule has 0 saturated heterocycles. The van der Waals surface area contributed by atoms with Crippen LogP contribution in [0.3, 0.4) is 0 Å². The molecule has 1 aromatic carbocycles. The largest absolute Gasteiger partial charge is 0.324 e. The first-order valence-corrected chi connectivity index (χ1v) is 7.18. The number of halogens is 2. The Bertz CT molecular complexity index is 512. The fourth-order valence-corrected chi connectivity index (χ4v) is 2.33. The Morgan fingerprint density at radius 1 is 1.38 bits per heavy atom. The van der Waals surface area contributed by atoms with Crippen LogP contribution < -0.4 is 10.6 Å². The van der Waals surface area contributed by atoms with Gasteiger partial charge in [-0.3, -0.25) is 4.79 Å². The number of benzene rings is 1. The number of amides is 1. The summed E-state index contributed by atoms with van der Waals surface area (Å²) in [5.41, 5.74) is 2.14. The molecule has 1 aromatic rings. The van der Waals surface area contributed by atoms with Gasteiger partial charge in [-0.15, -0.1) is 12.4 Å². The average Bonchev–Trinajstić information content (AvgIpc) is 2.39. The second-order valence-electron chi connectivity index (χ2n) is 6.60. The van der Waals surface area contributed by atoms with E-state index in [1.165, 1.54) is 0 Å². The standard InChI is InChI=1S/C16H23FN2O.ClH/c1-16(2,3)8-6-14(20)19-13-5-4-11-10-18-9-7-12(11)15(13)17;/h4-5,18H,6-10H2,1-3H3,(H,19,20);1H. The summed E-state index contributed by atoms with van der Waals surface area (Å²) in [6, 6.07) is 3.56. The molecule has 0 aliphatic carbocycles. The summed E-state index contributed by atoms with van der Waals surface area (Å²) in [5.74, 6) is -0.388. The highest BCUT2D eigenvalue weighted by Crippen LogP contribution is 2.25. The molecular weight excluding hydrogens is 291 g/mol. The number of hydrogen-bond donors (Lipinski definition) is 2. The molecule has 0 aromatic heterocycles. The fraction of sp³-hybridized carbons (Fsp3) is 0.562. The molecule has 0 spiro atoms. The number of hydrogen-bond acceptors (Lipinski definition) is 2. The van der Waals surface area contributed by atoms with Crippen LogP contribution in [0.5, 0.6) is 0 Å². The average molecular weight is 315 g/mol. The van der Waals surface area contributed by atoms with Crippen molar-refractivity contribution in [1.29, 1.82) is 0 Å². The molecule has 1 aliphatic heterocycles. The minimum atomic E-state index is -0.270. The minimum Gasteiger partial charge on any atom is -0.324 e. The highest BCUT2D eigenvalue weighted by molar-refractivity contribution is 5.91. The molecule has 1 amide bonds. The van der Waals surface area contributed by atoms with Gasteiger partial charge in [0.25, 0.3) is 0 Å². The van der Waals surface area contributed by atoms with Crippen molar-refractivity contribution >= 4 is 24.0 Å². The van der Waals surface area contributed by atoms with Crippen molar-refractivity contribution in [1.82, 2.24) is 5.32 Å². The molecule has 5 heteroatoms. The van der Waals surface area contributed by atoms with E-state index in [1.54, 1.807) is 6.07 Å². The van der Waals surface area contributed by atoms with Crippen LogP contribution in [0.15, 0.2) is 12.1 Å². The van der Waals surface area contributed by atoms with Gasteiger partial charge in [0.15, 0.2) is 0 Å². The van der Waals surface area contributed by atoms with Crippen LogP contribution in [0.1, 0.15) is 44.7 Å². The van der Waals surface area contributed by atoms with E-state index in [0.29, 0.717) is 25.1 Å². The van der Waals surface area contributed by atoms with Gasteiger partial charge in [-0.05, 0) is 42.0 Å². The Labute approximate surface area is 132 Å². The first-order valence-electron chi connectivity index (χ1n) is 7.18. The van der Waals surface area contributed by atoms with Crippen LogP contribution in [-0.2, 0) is 17.8 Å². The molecule has 2 rings (SSSR count). The van der Waals surface area contributed by atoms with Gasteiger partial charge in [0.1, 0.15) is 5.82 Å². The van der Waals surface area contributed by atoms with E-state index in [2.05, 4.69) is 31.4 Å². The molecule has 0 atom stereocenters. The van der Waals surface area contributed by atoms with Crippen molar-refractivity contribution in [3.8, 4) is 0 Å². The van der Waals surface area contributed by atoms with Gasteiger partial charge in [0, 0.05) is 13.0 Å². The Balaban J connectivity index is 0.00000220. The van der Waals surface area contributed by atoms with Crippen molar-refractivity contribution in [2.24, 2.45) is 5.41 Å². The highest BCUT2D eigenvalue weighted by Gasteiger charge is 2.18. The molecule has 118 valence electrons. The van der Waals surface area contributed by atoms with Crippen molar-refractivity contribution in [2.75, 3.05) is 11.9 Å². The molecule has 0 unspecified atom stereocenters. The normalized spacial score (nSPS) is 14.1. The maximum Gasteiger partial charge on any atom is 0.224 e. The van der Waals surface area contributed by atoms with E-state index in [4.69, 9.17) is 0 Å². The minimum absolute atomic E-state index is 0. The smallest absolute Gasteiger partial charge is 0.224 e. The van der Waals surface area contributed by atoms with Crippen LogP contribution in [0.4, 0.5) is 10.1 Å². The number of fused-ring (bicyclic) bond motifs is 1. The quantitative estimate of drug-likeness (QED) is 0.894. The maximum absolute atomic E-state index is 14.3. The summed E-state index contributed by atoms with van der Waals surface area (Å²) in [6.07, 6.45) is 1.88. The van der Waals surface area contributed by atoms with E-state index in [9.17, 15) is 9.18 Å². The first-order chi connectivity index (χ1) is 9.37. The number of rotatable bonds is 3. The summed E-state index contributed by atoms with van der Waals surface area (Å²) in [7, 11) is 0. The van der Waals surface area contributed by atoms with Crippen LogP contribution in [0.2, 0.25) is 0 Å². The zero-order valence-electron chi connectivity index (χ0n) is 12.9. The third-order valence-corrected chi connectivity index (χ3v) is 3.58. The SMILES string of the molecule is CC(C)(C)CCC(=O)Nc1ccc2c(c1F)CCNC2.Cl. The van der Waals surface area contributed by atoms with Gasteiger partial charge in [0.05, 0.1) is 5.69 Å². The number of carbonyl (C=O) groups is 1. The van der Waals surface area contributed by atoms with Crippen molar-refractivity contribution in [3.63, 3.8) is 0 Å². The van der Waals surface area contributed by atoms with Crippen molar-refractivity contribution in [2.45, 2.75) is 46.6 Å². The van der Waals surface area contributed by atoms with Crippen LogP contribution in [-0.4, -0.2) is 12.5 Å². The molecule has 0 saturated carbocycles. The molecule has 1 aliphatic rings. The Kier molecular flexibility index (Phi) is 6.17. The van der Waals surface area contributed by atoms with Crippen LogP contribution >= 0.6 is 12.4 Å². The third-order valence-electron chi connectivity index (χ3n) is 3.58. The summed E-state index contributed by atoms with van der Waals surface area (Å²) >= 11 is 0. The van der Waals surface area contributed by atoms with Gasteiger partial charge in [-0.25, -0.2) is 4.39 Å². The Morgan fingerprint density at radius 3 is 2.76 bits per heavy atom. The molecule has 3 nitrogen and oxygen atoms in total. The van der Waals surface area contributed by atoms with E-state index < -0.39 is 0 Å². The van der Waals surface area contributed by atoms with E-state index in [1.807, 2.05) is 6.07 Å². The number of carbonyl (C=O) groups excluding carboxylic acids is 1. The van der Waals surface area contributed by atoms with Crippen molar-refractivity contribution in [3.05, 3.63) is 29.1 Å². The molecule has 0 bridgehead atoms. The van der Waals surface area contributed by atoms with E-state index >= 15 is 0 Å². The topological polar surface area (TPSA) is 41.1 Å². The first kappa shape index (κ1) is 17.9. The molecule has 0 fully saturated rings. The second-order valence-corrected chi connectivity index (χ2v) is 6.60. The van der Waals surface area contributed by atoms with E-state index in [-0.39, 0.29) is 29.5 Å². The predicted molar refractivity (Wildman–Crippen MR) is 86.4 cm³/mol. The highest BCUT2D eigenvalue weighted by atomic mass is 35.5. The van der Waals surface area contributed by atoms with E-state index in [0.717, 1.165) is 24.1 Å². The third kappa shape index (κ3) is 4.97. The summed E-state index contributed by atoms with van der Waals surface area (Å²) in [5, 5.41) is 5.91. The van der Waals surface area contributed by atoms with Crippen molar-refractivity contribution < 1.29 is 9.18 Å². The fourth-order valence-electron chi connectivity index (χ4n) is 2.33. The van der Waals surface area contributed by atoms with Crippen LogP contribution in [0, 0.1) is 11.2 Å². The van der Waals surface area contributed by atoms with Crippen LogP contribution in [0.25, 0.3) is 0 Å². The maximum atomic E-state index is 14.3. The lowest BCUT2D eigenvalue weighted by molar-refractivity contribution is -0.116. The van der Waals surface area contributed by atoms with Gasteiger partial charge >= 0.3 is 0 Å². The summed E-state index contributed by atoms with van der Waals surface area (Å²) < 4.78 is 14.3. The molecule has 1 heterocycles. The van der Waals surface area contributed by atoms with Gasteiger partial charge in [-0.2, -0.15) is 0 Å². The number of anilines is 1. The number of nitrogens with one attached hydrogen (secondary N) is 2. The lowest BCUT2D eigenvalue weighted by Gasteiger charge is -2.20. The Hall–Kier alpha value is -1.13. The second kappa shape index (κ2) is 7.23. The zero-order chi connectivity index (χ0) is 14.8. The Morgan fingerprint density at radius 2 is 2.10 bits per heavy atom. The lowest BCUT2D eigenvalue weighted by atomic mass is 9.90. The summed E-state index contributed by atoms with van der Waals surface area (Å²) in [6.45, 7) is 7.75. The zero-order valence-corrected chi connectivity index (χ0v) is 13.7.